The van der Waals surface area contributed by atoms with Crippen LogP contribution in [0, 0.1) is 0 Å². The Balaban J connectivity index is 1.72. The zero-order valence-corrected chi connectivity index (χ0v) is 17.4. The molecule has 1 aromatic carbocycles. The van der Waals surface area contributed by atoms with Crippen LogP contribution in [-0.2, 0) is 13.1 Å². The molecule has 1 fully saturated rings. The number of methoxy groups -OCH3 is 1. The molecule has 0 bridgehead atoms. The van der Waals surface area contributed by atoms with Crippen molar-refractivity contribution in [1.29, 1.82) is 0 Å². The van der Waals surface area contributed by atoms with Gasteiger partial charge in [0.2, 0.25) is 0 Å². The summed E-state index contributed by atoms with van der Waals surface area (Å²) in [7, 11) is 1.63. The lowest BCUT2D eigenvalue weighted by Gasteiger charge is -2.19. The van der Waals surface area contributed by atoms with Gasteiger partial charge in [0.25, 0.3) is 0 Å². The van der Waals surface area contributed by atoms with Crippen LogP contribution in [0.3, 0.4) is 0 Å². The summed E-state index contributed by atoms with van der Waals surface area (Å²) >= 11 is 0. The summed E-state index contributed by atoms with van der Waals surface area (Å²) in [5.41, 5.74) is 0.910. The van der Waals surface area contributed by atoms with Gasteiger partial charge in [-0.3, -0.25) is 4.57 Å². The van der Waals surface area contributed by atoms with Gasteiger partial charge in [-0.2, -0.15) is 8.78 Å². The van der Waals surface area contributed by atoms with E-state index in [1.54, 1.807) is 7.11 Å². The van der Waals surface area contributed by atoms with Crippen molar-refractivity contribution in [3.8, 4) is 11.5 Å². The number of nitrogens with zero attached hydrogens (tertiary/aromatic N) is 3. The van der Waals surface area contributed by atoms with E-state index in [2.05, 4.69) is 20.6 Å². The number of hydrogen-bond donors (Lipinski definition) is 2. The molecule has 1 aliphatic carbocycles. The number of alkyl halides is 2. The lowest BCUT2D eigenvalue weighted by Crippen LogP contribution is -2.37. The first kappa shape index (κ1) is 21.9. The second-order valence-corrected chi connectivity index (χ2v) is 7.05. The van der Waals surface area contributed by atoms with Crippen LogP contribution in [0.4, 0.5) is 8.78 Å². The summed E-state index contributed by atoms with van der Waals surface area (Å²) < 4.78 is 38.6. The molecular weight excluding hydrogens is 392 g/mol. The summed E-state index contributed by atoms with van der Waals surface area (Å²) in [5.74, 6) is 2.16. The summed E-state index contributed by atoms with van der Waals surface area (Å²) in [5, 5.41) is 6.19. The minimum Gasteiger partial charge on any atom is -0.493 e. The van der Waals surface area contributed by atoms with Gasteiger partial charge in [-0.15, -0.1) is 0 Å². The average Bonchev–Trinajstić information content (AvgIpc) is 3.42. The van der Waals surface area contributed by atoms with Gasteiger partial charge in [0, 0.05) is 24.5 Å². The molecule has 1 aromatic heterocycles. The van der Waals surface area contributed by atoms with E-state index in [0.717, 1.165) is 28.7 Å². The quantitative estimate of drug-likeness (QED) is 0.475. The Kier molecular flexibility index (Phi) is 7.87. The topological polar surface area (TPSA) is 72.7 Å². The largest absolute Gasteiger partial charge is 0.493 e. The van der Waals surface area contributed by atoms with Crippen LogP contribution in [0.5, 0.6) is 11.5 Å². The van der Waals surface area contributed by atoms with Gasteiger partial charge < -0.3 is 20.1 Å². The number of guanidine groups is 1. The van der Waals surface area contributed by atoms with Crippen molar-refractivity contribution < 1.29 is 18.3 Å². The van der Waals surface area contributed by atoms with Crippen molar-refractivity contribution in [2.75, 3.05) is 13.7 Å². The van der Waals surface area contributed by atoms with Crippen LogP contribution in [0.1, 0.15) is 50.5 Å². The highest BCUT2D eigenvalue weighted by Crippen LogP contribution is 2.35. The highest BCUT2D eigenvalue weighted by molar-refractivity contribution is 5.79. The number of rotatable bonds is 9. The van der Waals surface area contributed by atoms with E-state index in [-0.39, 0.29) is 18.5 Å². The second kappa shape index (κ2) is 10.8. The molecule has 2 aromatic rings. The van der Waals surface area contributed by atoms with Crippen LogP contribution >= 0.6 is 0 Å². The maximum absolute atomic E-state index is 13.0. The molecule has 1 saturated carbocycles. The molecule has 9 heteroatoms. The van der Waals surface area contributed by atoms with Gasteiger partial charge in [-0.25, -0.2) is 9.98 Å². The Hall–Kier alpha value is -2.84. The van der Waals surface area contributed by atoms with Gasteiger partial charge in [0.05, 0.1) is 26.3 Å². The minimum absolute atomic E-state index is 0.132. The fourth-order valence-corrected chi connectivity index (χ4v) is 3.48. The average molecular weight is 421 g/mol. The molecule has 3 rings (SSSR count). The third-order valence-electron chi connectivity index (χ3n) is 4.99. The SMILES string of the molecule is CCNC(=NCc1cccc(OC)c1OC1CCCC1)NCc1nccn1C(F)F. The van der Waals surface area contributed by atoms with Crippen LogP contribution in [-0.4, -0.2) is 35.3 Å². The molecule has 0 radical (unpaired) electrons. The first-order valence-electron chi connectivity index (χ1n) is 10.3. The van der Waals surface area contributed by atoms with E-state index in [0.29, 0.717) is 24.8 Å². The zero-order valence-electron chi connectivity index (χ0n) is 17.4. The van der Waals surface area contributed by atoms with Crippen molar-refractivity contribution >= 4 is 5.96 Å². The summed E-state index contributed by atoms with van der Waals surface area (Å²) in [4.78, 5) is 8.59. The highest BCUT2D eigenvalue weighted by Gasteiger charge is 2.20. The fourth-order valence-electron chi connectivity index (χ4n) is 3.48. The Morgan fingerprint density at radius 2 is 2.10 bits per heavy atom. The Labute approximate surface area is 175 Å². The highest BCUT2D eigenvalue weighted by atomic mass is 19.3. The number of hydrogen-bond acceptors (Lipinski definition) is 4. The van der Waals surface area contributed by atoms with E-state index in [9.17, 15) is 8.78 Å². The monoisotopic (exact) mass is 421 g/mol. The summed E-state index contributed by atoms with van der Waals surface area (Å²) in [6.07, 6.45) is 7.25. The van der Waals surface area contributed by atoms with Gasteiger partial charge in [-0.05, 0) is 38.7 Å². The number of aliphatic imine (C=N–C) groups is 1. The predicted octanol–water partition coefficient (Wildman–Crippen LogP) is 3.86. The maximum Gasteiger partial charge on any atom is 0.319 e. The Morgan fingerprint density at radius 1 is 1.30 bits per heavy atom. The van der Waals surface area contributed by atoms with Crippen LogP contribution in [0.25, 0.3) is 0 Å². The van der Waals surface area contributed by atoms with Crippen molar-refractivity contribution in [1.82, 2.24) is 20.2 Å². The predicted molar refractivity (Wildman–Crippen MR) is 111 cm³/mol. The number of halogens is 2. The lowest BCUT2D eigenvalue weighted by molar-refractivity contribution is 0.0668. The van der Waals surface area contributed by atoms with Gasteiger partial charge in [0.1, 0.15) is 5.82 Å². The van der Waals surface area contributed by atoms with Gasteiger partial charge in [0.15, 0.2) is 17.5 Å². The number of aromatic nitrogens is 2. The van der Waals surface area contributed by atoms with E-state index < -0.39 is 6.55 Å². The van der Waals surface area contributed by atoms with Gasteiger partial charge >= 0.3 is 6.55 Å². The Morgan fingerprint density at radius 3 is 2.80 bits per heavy atom. The molecule has 164 valence electrons. The molecule has 0 saturated heterocycles. The van der Waals surface area contributed by atoms with E-state index in [4.69, 9.17) is 9.47 Å². The molecule has 0 amide bonds. The maximum atomic E-state index is 13.0. The normalized spacial score (nSPS) is 14.9. The number of nitrogens with one attached hydrogen (secondary N) is 2. The van der Waals surface area contributed by atoms with E-state index in [1.807, 2.05) is 25.1 Å². The zero-order chi connectivity index (χ0) is 21.3. The smallest absolute Gasteiger partial charge is 0.319 e. The number of benzene rings is 1. The van der Waals surface area contributed by atoms with E-state index >= 15 is 0 Å². The van der Waals surface area contributed by atoms with Crippen LogP contribution in [0.15, 0.2) is 35.6 Å². The molecule has 0 atom stereocenters. The van der Waals surface area contributed by atoms with Crippen LogP contribution < -0.4 is 20.1 Å². The Bertz CT molecular complexity index is 835. The first-order valence-corrected chi connectivity index (χ1v) is 10.3. The van der Waals surface area contributed by atoms with Crippen molar-refractivity contribution in [3.63, 3.8) is 0 Å². The molecule has 2 N–H and O–H groups in total. The lowest BCUT2D eigenvalue weighted by atomic mass is 10.1. The van der Waals surface area contributed by atoms with Gasteiger partial charge in [-0.1, -0.05) is 12.1 Å². The number of para-hydroxylation sites is 1. The summed E-state index contributed by atoms with van der Waals surface area (Å²) in [6.45, 7) is 0.441. The van der Waals surface area contributed by atoms with E-state index in [1.165, 1.54) is 25.2 Å². The molecule has 0 unspecified atom stereocenters. The first-order chi connectivity index (χ1) is 14.6. The standard InChI is InChI=1S/C21H29F2N5O2/c1-3-24-21(27-14-18-25-11-12-28(18)20(22)23)26-13-15-7-6-10-17(29-2)19(15)30-16-8-4-5-9-16/h6-7,10-12,16,20H,3-5,8-9,13-14H2,1-2H3,(H2,24,26,27). The van der Waals surface area contributed by atoms with Crippen LogP contribution in [0.2, 0.25) is 0 Å². The molecule has 0 spiro atoms. The number of ether oxygens (including phenoxy) is 2. The van der Waals surface area contributed by atoms with Crippen molar-refractivity contribution in [2.45, 2.75) is 58.3 Å². The molecule has 7 nitrogen and oxygen atoms in total. The third-order valence-corrected chi connectivity index (χ3v) is 4.99. The molecular formula is C21H29F2N5O2. The fraction of sp³-hybridized carbons (Fsp3) is 0.524. The molecule has 1 heterocycles. The summed E-state index contributed by atoms with van der Waals surface area (Å²) in [6, 6.07) is 5.75. The number of imidazole rings is 1. The molecule has 1 aliphatic rings. The van der Waals surface area contributed by atoms with Crippen molar-refractivity contribution in [2.24, 2.45) is 4.99 Å². The van der Waals surface area contributed by atoms with Crippen molar-refractivity contribution in [3.05, 3.63) is 42.0 Å². The third kappa shape index (κ3) is 5.61. The second-order valence-electron chi connectivity index (χ2n) is 7.05. The minimum atomic E-state index is -2.63. The molecule has 30 heavy (non-hydrogen) atoms. The molecule has 0 aliphatic heterocycles.